The van der Waals surface area contributed by atoms with E-state index in [1.807, 2.05) is 12.1 Å². The predicted molar refractivity (Wildman–Crippen MR) is 76.8 cm³/mol. The van der Waals surface area contributed by atoms with Gasteiger partial charge in [0.25, 0.3) is 5.69 Å². The molecule has 0 saturated carbocycles. The first-order chi connectivity index (χ1) is 9.56. The Kier molecular flexibility index (Phi) is 4.55. The van der Waals surface area contributed by atoms with Gasteiger partial charge in [-0.05, 0) is 29.3 Å². The number of phenols is 1. The van der Waals surface area contributed by atoms with Crippen LogP contribution in [-0.4, -0.2) is 10.0 Å². The molecule has 0 aliphatic heterocycles. The van der Waals surface area contributed by atoms with Gasteiger partial charge in [-0.15, -0.1) is 0 Å². The van der Waals surface area contributed by atoms with Crippen LogP contribution < -0.4 is 5.32 Å². The summed E-state index contributed by atoms with van der Waals surface area (Å²) < 4.78 is 0. The van der Waals surface area contributed by atoms with E-state index < -0.39 is 4.92 Å². The van der Waals surface area contributed by atoms with Gasteiger partial charge in [-0.2, -0.15) is 0 Å². The highest BCUT2D eigenvalue weighted by Crippen LogP contribution is 2.22. The SMILES string of the molecule is O=[N+]([O-])c1ccc(CNCc2ccc(O)cc2)c(Cl)c1. The summed E-state index contributed by atoms with van der Waals surface area (Å²) in [5.74, 6) is 0.229. The second-order valence-electron chi connectivity index (χ2n) is 4.30. The van der Waals surface area contributed by atoms with E-state index in [9.17, 15) is 15.2 Å². The molecule has 0 aliphatic rings. The lowest BCUT2D eigenvalue weighted by Crippen LogP contribution is -2.12. The number of rotatable bonds is 5. The summed E-state index contributed by atoms with van der Waals surface area (Å²) in [7, 11) is 0. The molecular formula is C14H13ClN2O3. The molecule has 2 N–H and O–H groups in total. The number of hydrogen-bond donors (Lipinski definition) is 2. The van der Waals surface area contributed by atoms with Gasteiger partial charge < -0.3 is 10.4 Å². The zero-order chi connectivity index (χ0) is 14.5. The van der Waals surface area contributed by atoms with Crippen LogP contribution in [0.1, 0.15) is 11.1 Å². The Labute approximate surface area is 121 Å². The van der Waals surface area contributed by atoms with Crippen LogP contribution in [0.2, 0.25) is 5.02 Å². The molecule has 0 fully saturated rings. The zero-order valence-corrected chi connectivity index (χ0v) is 11.3. The summed E-state index contributed by atoms with van der Waals surface area (Å²) in [6.07, 6.45) is 0. The maximum absolute atomic E-state index is 10.6. The number of halogens is 1. The maximum Gasteiger partial charge on any atom is 0.270 e. The first kappa shape index (κ1) is 14.3. The van der Waals surface area contributed by atoms with Crippen molar-refractivity contribution in [2.75, 3.05) is 0 Å². The predicted octanol–water partition coefficient (Wildman–Crippen LogP) is 3.24. The Bertz CT molecular complexity index is 614. The first-order valence-corrected chi connectivity index (χ1v) is 6.35. The molecule has 104 valence electrons. The normalized spacial score (nSPS) is 10.4. The third-order valence-electron chi connectivity index (χ3n) is 2.83. The second-order valence-corrected chi connectivity index (χ2v) is 4.71. The van der Waals surface area contributed by atoms with Crippen molar-refractivity contribution in [1.82, 2.24) is 5.32 Å². The van der Waals surface area contributed by atoms with Crippen LogP contribution in [0.3, 0.4) is 0 Å². The van der Waals surface area contributed by atoms with E-state index in [0.717, 1.165) is 11.1 Å². The smallest absolute Gasteiger partial charge is 0.270 e. The van der Waals surface area contributed by atoms with Crippen molar-refractivity contribution in [2.45, 2.75) is 13.1 Å². The van der Waals surface area contributed by atoms with Gasteiger partial charge >= 0.3 is 0 Å². The van der Waals surface area contributed by atoms with E-state index in [-0.39, 0.29) is 11.4 Å². The van der Waals surface area contributed by atoms with Crippen molar-refractivity contribution in [1.29, 1.82) is 0 Å². The van der Waals surface area contributed by atoms with E-state index in [1.165, 1.54) is 12.1 Å². The number of nitrogens with one attached hydrogen (secondary N) is 1. The monoisotopic (exact) mass is 292 g/mol. The van der Waals surface area contributed by atoms with Gasteiger partial charge in [0.05, 0.1) is 9.95 Å². The Morgan fingerprint density at radius 1 is 1.15 bits per heavy atom. The van der Waals surface area contributed by atoms with Gasteiger partial charge in [0.2, 0.25) is 0 Å². The van der Waals surface area contributed by atoms with Gasteiger partial charge in [0.15, 0.2) is 0 Å². The van der Waals surface area contributed by atoms with Crippen LogP contribution in [0, 0.1) is 10.1 Å². The molecule has 0 radical (unpaired) electrons. The number of phenolic OH excluding ortho intramolecular Hbond substituents is 1. The van der Waals surface area contributed by atoms with Crippen molar-refractivity contribution in [3.05, 3.63) is 68.7 Å². The third kappa shape index (κ3) is 3.69. The summed E-state index contributed by atoms with van der Waals surface area (Å²) in [5, 5.41) is 23.3. The maximum atomic E-state index is 10.6. The molecular weight excluding hydrogens is 280 g/mol. The second kappa shape index (κ2) is 6.36. The Morgan fingerprint density at radius 3 is 2.45 bits per heavy atom. The van der Waals surface area contributed by atoms with Crippen LogP contribution >= 0.6 is 11.6 Å². The minimum Gasteiger partial charge on any atom is -0.508 e. The third-order valence-corrected chi connectivity index (χ3v) is 3.18. The molecule has 20 heavy (non-hydrogen) atoms. The van der Waals surface area contributed by atoms with Crippen molar-refractivity contribution < 1.29 is 10.0 Å². The molecule has 2 rings (SSSR count). The van der Waals surface area contributed by atoms with Crippen LogP contribution in [-0.2, 0) is 13.1 Å². The molecule has 0 atom stereocenters. The Balaban J connectivity index is 1.94. The highest BCUT2D eigenvalue weighted by molar-refractivity contribution is 6.31. The average Bonchev–Trinajstić information content (AvgIpc) is 2.42. The summed E-state index contributed by atoms with van der Waals surface area (Å²) in [6.45, 7) is 1.13. The van der Waals surface area contributed by atoms with E-state index in [2.05, 4.69) is 5.32 Å². The molecule has 0 aromatic heterocycles. The minimum absolute atomic E-state index is 0.0164. The highest BCUT2D eigenvalue weighted by Gasteiger charge is 2.08. The molecule has 5 nitrogen and oxygen atoms in total. The molecule has 2 aromatic rings. The Hall–Kier alpha value is -2.11. The van der Waals surface area contributed by atoms with Crippen molar-refractivity contribution in [3.8, 4) is 5.75 Å². The molecule has 0 unspecified atom stereocenters. The number of hydrogen-bond acceptors (Lipinski definition) is 4. The molecule has 0 spiro atoms. The highest BCUT2D eigenvalue weighted by atomic mass is 35.5. The van der Waals surface area contributed by atoms with Crippen molar-refractivity contribution >= 4 is 17.3 Å². The lowest BCUT2D eigenvalue weighted by Gasteiger charge is -2.07. The first-order valence-electron chi connectivity index (χ1n) is 5.97. The van der Waals surface area contributed by atoms with Gasteiger partial charge in [-0.25, -0.2) is 0 Å². The standard InChI is InChI=1S/C14H13ClN2O3/c15-14-7-12(17(19)20)4-3-11(14)9-16-8-10-1-5-13(18)6-2-10/h1-7,16,18H,8-9H2. The van der Waals surface area contributed by atoms with Gasteiger partial charge in [0.1, 0.15) is 5.75 Å². The summed E-state index contributed by atoms with van der Waals surface area (Å²) in [5.41, 5.74) is 1.81. The molecule has 6 heteroatoms. The Morgan fingerprint density at radius 2 is 1.85 bits per heavy atom. The molecule has 0 amide bonds. The van der Waals surface area contributed by atoms with Crippen LogP contribution in [0.5, 0.6) is 5.75 Å². The van der Waals surface area contributed by atoms with Crippen molar-refractivity contribution in [2.24, 2.45) is 0 Å². The largest absolute Gasteiger partial charge is 0.508 e. The topological polar surface area (TPSA) is 75.4 Å². The number of non-ortho nitro benzene ring substituents is 1. The quantitative estimate of drug-likeness (QED) is 0.655. The van der Waals surface area contributed by atoms with Crippen LogP contribution in [0.4, 0.5) is 5.69 Å². The van der Waals surface area contributed by atoms with E-state index in [1.54, 1.807) is 18.2 Å². The van der Waals surface area contributed by atoms with Gasteiger partial charge in [-0.1, -0.05) is 23.7 Å². The molecule has 0 bridgehead atoms. The van der Waals surface area contributed by atoms with Crippen LogP contribution in [0.25, 0.3) is 0 Å². The average molecular weight is 293 g/mol. The van der Waals surface area contributed by atoms with E-state index >= 15 is 0 Å². The number of benzene rings is 2. The number of aromatic hydroxyl groups is 1. The lowest BCUT2D eigenvalue weighted by molar-refractivity contribution is -0.384. The molecule has 0 aliphatic carbocycles. The van der Waals surface area contributed by atoms with Crippen molar-refractivity contribution in [3.63, 3.8) is 0 Å². The fourth-order valence-electron chi connectivity index (χ4n) is 1.75. The number of nitro groups is 1. The van der Waals surface area contributed by atoms with Crippen LogP contribution in [0.15, 0.2) is 42.5 Å². The van der Waals surface area contributed by atoms with Gasteiger partial charge in [-0.3, -0.25) is 10.1 Å². The van der Waals surface area contributed by atoms with Gasteiger partial charge in [0, 0.05) is 25.2 Å². The fraction of sp³-hybridized carbons (Fsp3) is 0.143. The number of nitrogens with zero attached hydrogens (tertiary/aromatic N) is 1. The lowest BCUT2D eigenvalue weighted by atomic mass is 10.2. The fourth-order valence-corrected chi connectivity index (χ4v) is 1.99. The molecule has 0 saturated heterocycles. The van der Waals surface area contributed by atoms with E-state index in [4.69, 9.17) is 11.6 Å². The minimum atomic E-state index is -0.473. The summed E-state index contributed by atoms with van der Waals surface area (Å²) in [6, 6.07) is 11.3. The number of nitro benzene ring substituents is 1. The summed E-state index contributed by atoms with van der Waals surface area (Å²) >= 11 is 6.00. The molecule has 0 heterocycles. The summed E-state index contributed by atoms with van der Waals surface area (Å²) in [4.78, 5) is 10.1. The molecule has 2 aromatic carbocycles. The zero-order valence-electron chi connectivity index (χ0n) is 10.5. The van der Waals surface area contributed by atoms with E-state index in [0.29, 0.717) is 18.1 Å².